The molecule has 2 aliphatic heterocycles. The van der Waals surface area contributed by atoms with Crippen LogP contribution >= 0.6 is 0 Å². The van der Waals surface area contributed by atoms with Gasteiger partial charge in [0, 0.05) is 19.0 Å². The third-order valence-electron chi connectivity index (χ3n) is 4.58. The van der Waals surface area contributed by atoms with Crippen molar-refractivity contribution in [1.29, 1.82) is 0 Å². The van der Waals surface area contributed by atoms with Crippen molar-refractivity contribution in [3.8, 4) is 11.5 Å². The van der Waals surface area contributed by atoms with Crippen LogP contribution < -0.4 is 14.8 Å². The van der Waals surface area contributed by atoms with Crippen LogP contribution in [0.3, 0.4) is 0 Å². The molecule has 0 spiro atoms. The number of ether oxygens (including phenoxy) is 2. The average molecular weight is 328 g/mol. The number of amides is 1. The molecule has 0 radical (unpaired) electrons. The molecule has 0 bridgehead atoms. The first-order valence-corrected chi connectivity index (χ1v) is 8.23. The molecule has 126 valence electrons. The first-order valence-electron chi connectivity index (χ1n) is 8.23. The molecule has 2 aliphatic rings. The summed E-state index contributed by atoms with van der Waals surface area (Å²) in [5.41, 5.74) is 0. The van der Waals surface area contributed by atoms with Crippen molar-refractivity contribution in [3.63, 3.8) is 0 Å². The molecule has 2 aromatic rings. The van der Waals surface area contributed by atoms with Crippen LogP contribution in [0.5, 0.6) is 11.5 Å². The third-order valence-corrected chi connectivity index (χ3v) is 4.58. The molecule has 24 heavy (non-hydrogen) atoms. The molecule has 3 heterocycles. The Bertz CT molecular complexity index is 773. The summed E-state index contributed by atoms with van der Waals surface area (Å²) in [5, 5.41) is 11.3. The maximum Gasteiger partial charge on any atom is 0.265 e. The molecule has 3 atom stereocenters. The molecule has 0 aliphatic carbocycles. The molecule has 7 nitrogen and oxygen atoms in total. The molecule has 4 rings (SSSR count). The highest BCUT2D eigenvalue weighted by Gasteiger charge is 2.35. The Morgan fingerprint density at radius 2 is 2.00 bits per heavy atom. The predicted molar refractivity (Wildman–Crippen MR) is 86.0 cm³/mol. The number of rotatable bonds is 2. The molecule has 0 fully saturated rings. The average Bonchev–Trinajstić information content (AvgIpc) is 2.95. The molecule has 0 saturated carbocycles. The van der Waals surface area contributed by atoms with Crippen LogP contribution in [-0.2, 0) is 17.8 Å². The Hall–Kier alpha value is -2.57. The fraction of sp³-hybridized carbons (Fsp3) is 0.471. The largest absolute Gasteiger partial charge is 0.482 e. The van der Waals surface area contributed by atoms with Crippen molar-refractivity contribution >= 4 is 5.91 Å². The van der Waals surface area contributed by atoms with Gasteiger partial charge in [0.2, 0.25) is 6.10 Å². The van der Waals surface area contributed by atoms with Crippen LogP contribution in [0.25, 0.3) is 0 Å². The number of aromatic nitrogens is 3. The van der Waals surface area contributed by atoms with Crippen LogP contribution in [0.4, 0.5) is 0 Å². The van der Waals surface area contributed by atoms with Gasteiger partial charge in [0.05, 0.1) is 0 Å². The monoisotopic (exact) mass is 328 g/mol. The summed E-state index contributed by atoms with van der Waals surface area (Å²) in [6.07, 6.45) is 0.674. The number of carbonyl (C=O) groups excluding carboxylic acids is 1. The van der Waals surface area contributed by atoms with Crippen molar-refractivity contribution in [2.75, 3.05) is 0 Å². The molecular weight excluding hydrogens is 308 g/mol. The molecule has 1 aromatic heterocycles. The van der Waals surface area contributed by atoms with Crippen LogP contribution in [0.2, 0.25) is 0 Å². The van der Waals surface area contributed by atoms with Gasteiger partial charge in [-0.15, -0.1) is 10.2 Å². The van der Waals surface area contributed by atoms with E-state index in [4.69, 9.17) is 9.47 Å². The molecule has 0 saturated heterocycles. The van der Waals surface area contributed by atoms with Crippen molar-refractivity contribution in [2.24, 2.45) is 0 Å². The van der Waals surface area contributed by atoms with Crippen LogP contribution in [0, 0.1) is 6.92 Å². The van der Waals surface area contributed by atoms with Gasteiger partial charge < -0.3 is 19.4 Å². The Labute approximate surface area is 140 Å². The second kappa shape index (κ2) is 5.81. The van der Waals surface area contributed by atoms with E-state index in [0.29, 0.717) is 18.0 Å². The second-order valence-electron chi connectivity index (χ2n) is 6.33. The zero-order chi connectivity index (χ0) is 16.7. The van der Waals surface area contributed by atoms with E-state index in [9.17, 15) is 4.79 Å². The molecule has 1 N–H and O–H groups in total. The number of hydrogen-bond donors (Lipinski definition) is 1. The van der Waals surface area contributed by atoms with Crippen molar-refractivity contribution < 1.29 is 14.3 Å². The normalized spacial score (nSPS) is 25.0. The minimum absolute atomic E-state index is 0.0488. The van der Waals surface area contributed by atoms with Crippen molar-refractivity contribution in [2.45, 2.75) is 51.5 Å². The summed E-state index contributed by atoms with van der Waals surface area (Å²) in [6.45, 7) is 4.47. The number of fused-ring (bicyclic) bond motifs is 2. The third kappa shape index (κ3) is 2.60. The summed E-state index contributed by atoms with van der Waals surface area (Å²) < 4.78 is 13.7. The Morgan fingerprint density at radius 3 is 2.79 bits per heavy atom. The molecule has 1 amide bonds. The Morgan fingerprint density at radius 1 is 1.25 bits per heavy atom. The summed E-state index contributed by atoms with van der Waals surface area (Å²) >= 11 is 0. The molecule has 0 unspecified atom stereocenters. The van der Waals surface area contributed by atoms with Gasteiger partial charge in [0.25, 0.3) is 5.91 Å². The predicted octanol–water partition coefficient (Wildman–Crippen LogP) is 1.25. The summed E-state index contributed by atoms with van der Waals surface area (Å²) in [7, 11) is 0. The zero-order valence-electron chi connectivity index (χ0n) is 13.7. The minimum Gasteiger partial charge on any atom is -0.482 e. The van der Waals surface area contributed by atoms with Gasteiger partial charge in [0.15, 0.2) is 11.5 Å². The lowest BCUT2D eigenvalue weighted by atomic mass is 10.1. The number of nitrogens with one attached hydrogen (secondary N) is 1. The van der Waals surface area contributed by atoms with E-state index in [0.717, 1.165) is 24.5 Å². The molecular formula is C17H20N4O3. The topological polar surface area (TPSA) is 78.3 Å². The summed E-state index contributed by atoms with van der Waals surface area (Å²) in [6, 6.07) is 7.46. The van der Waals surface area contributed by atoms with E-state index in [1.54, 1.807) is 0 Å². The van der Waals surface area contributed by atoms with Gasteiger partial charge in [-0.1, -0.05) is 12.1 Å². The first kappa shape index (κ1) is 15.0. The van der Waals surface area contributed by atoms with E-state index in [1.165, 1.54) is 0 Å². The quantitative estimate of drug-likeness (QED) is 0.897. The van der Waals surface area contributed by atoms with Crippen LogP contribution in [0.15, 0.2) is 24.3 Å². The highest BCUT2D eigenvalue weighted by Crippen LogP contribution is 2.33. The van der Waals surface area contributed by atoms with E-state index in [2.05, 4.69) is 20.1 Å². The summed E-state index contributed by atoms with van der Waals surface area (Å²) in [5.74, 6) is 3.00. The maximum atomic E-state index is 12.7. The van der Waals surface area contributed by atoms with E-state index >= 15 is 0 Å². The lowest BCUT2D eigenvalue weighted by Gasteiger charge is -2.33. The fourth-order valence-corrected chi connectivity index (χ4v) is 3.27. The highest BCUT2D eigenvalue weighted by molar-refractivity contribution is 5.82. The van der Waals surface area contributed by atoms with Gasteiger partial charge in [-0.3, -0.25) is 4.79 Å². The van der Waals surface area contributed by atoms with E-state index in [-0.39, 0.29) is 18.1 Å². The van der Waals surface area contributed by atoms with Crippen LogP contribution in [0.1, 0.15) is 25.0 Å². The Balaban J connectivity index is 1.45. The number of aryl methyl sites for hydroxylation is 2. The van der Waals surface area contributed by atoms with Gasteiger partial charge >= 0.3 is 0 Å². The number of nitrogens with zero attached hydrogens (tertiary/aromatic N) is 3. The lowest BCUT2D eigenvalue weighted by molar-refractivity contribution is -0.134. The lowest BCUT2D eigenvalue weighted by Crippen LogP contribution is -2.53. The zero-order valence-corrected chi connectivity index (χ0v) is 13.7. The fourth-order valence-electron chi connectivity index (χ4n) is 3.27. The smallest absolute Gasteiger partial charge is 0.265 e. The van der Waals surface area contributed by atoms with Gasteiger partial charge in [-0.05, 0) is 32.4 Å². The first-order chi connectivity index (χ1) is 11.6. The van der Waals surface area contributed by atoms with E-state index < -0.39 is 6.10 Å². The van der Waals surface area contributed by atoms with Crippen molar-refractivity contribution in [3.05, 3.63) is 35.9 Å². The molecule has 7 heteroatoms. The van der Waals surface area contributed by atoms with Gasteiger partial charge in [0.1, 0.15) is 17.8 Å². The maximum absolute atomic E-state index is 12.7. The minimum atomic E-state index is -0.650. The Kier molecular flexibility index (Phi) is 3.63. The molecule has 1 aromatic carbocycles. The number of carbonyl (C=O) groups is 1. The number of hydrogen-bond acceptors (Lipinski definition) is 5. The standard InChI is InChI=1S/C17H20N4O3/c1-10-16(24-14-6-4-3-5-13(14)23-10)17(22)18-12-7-8-15-20-19-11(2)21(15)9-12/h3-6,10,12,16H,7-9H2,1-2H3,(H,18,22)/t10-,12+,16+/m0/s1. The van der Waals surface area contributed by atoms with Crippen molar-refractivity contribution in [1.82, 2.24) is 20.1 Å². The number of para-hydroxylation sites is 2. The van der Waals surface area contributed by atoms with E-state index in [1.807, 2.05) is 38.1 Å². The van der Waals surface area contributed by atoms with Crippen LogP contribution in [-0.4, -0.2) is 38.9 Å². The summed E-state index contributed by atoms with van der Waals surface area (Å²) in [4.78, 5) is 12.7. The van der Waals surface area contributed by atoms with Gasteiger partial charge in [-0.2, -0.15) is 0 Å². The highest BCUT2D eigenvalue weighted by atomic mass is 16.6. The van der Waals surface area contributed by atoms with Gasteiger partial charge in [-0.25, -0.2) is 0 Å². The SMILES string of the molecule is Cc1nnc2n1C[C@H](NC(=O)[C@@H]1Oc3ccccc3O[C@H]1C)CC2. The second-order valence-corrected chi connectivity index (χ2v) is 6.33. The number of benzene rings is 1.